The molecule has 0 N–H and O–H groups in total. The fourth-order valence-electron chi connectivity index (χ4n) is 1.83. The number of methoxy groups -OCH3 is 1. The van der Waals surface area contributed by atoms with E-state index in [0.29, 0.717) is 11.5 Å². The first kappa shape index (κ1) is 15.4. The van der Waals surface area contributed by atoms with Gasteiger partial charge in [-0.25, -0.2) is 4.79 Å². The summed E-state index contributed by atoms with van der Waals surface area (Å²) < 4.78 is 15.5. The second-order valence-electron chi connectivity index (χ2n) is 4.32. The predicted octanol–water partition coefficient (Wildman–Crippen LogP) is 3.43. The first-order valence-electron chi connectivity index (χ1n) is 6.71. The van der Waals surface area contributed by atoms with Crippen molar-refractivity contribution in [3.63, 3.8) is 0 Å². The van der Waals surface area contributed by atoms with E-state index in [1.54, 1.807) is 26.2 Å². The Bertz CT molecular complexity index is 720. The first-order chi connectivity index (χ1) is 10.7. The van der Waals surface area contributed by atoms with Gasteiger partial charge in [-0.05, 0) is 43.3 Å². The van der Waals surface area contributed by atoms with Gasteiger partial charge in [-0.3, -0.25) is 0 Å². The standard InChI is InChI=1S/C17H15NO4/c1-3-21-17(19)13(11-18)10-15-8-9-16(22-15)12-4-6-14(20-2)7-5-12/h4-10H,3H2,1-2H3/b13-10+. The number of benzene rings is 1. The molecule has 0 fully saturated rings. The number of furan rings is 1. The second-order valence-corrected chi connectivity index (χ2v) is 4.32. The molecule has 0 aliphatic rings. The lowest BCUT2D eigenvalue weighted by Gasteiger charge is -2.00. The summed E-state index contributed by atoms with van der Waals surface area (Å²) in [7, 11) is 1.60. The van der Waals surface area contributed by atoms with Crippen molar-refractivity contribution in [1.29, 1.82) is 5.26 Å². The Hall–Kier alpha value is -3.00. The summed E-state index contributed by atoms with van der Waals surface area (Å²) >= 11 is 0. The number of hydrogen-bond acceptors (Lipinski definition) is 5. The molecule has 0 bridgehead atoms. The highest BCUT2D eigenvalue weighted by molar-refractivity contribution is 5.97. The molecule has 0 aliphatic carbocycles. The van der Waals surface area contributed by atoms with Gasteiger partial charge in [-0.1, -0.05) is 0 Å². The lowest BCUT2D eigenvalue weighted by atomic mass is 10.2. The average Bonchev–Trinajstić information content (AvgIpc) is 3.01. The quantitative estimate of drug-likeness (QED) is 0.480. The van der Waals surface area contributed by atoms with Crippen molar-refractivity contribution in [2.24, 2.45) is 0 Å². The zero-order valence-corrected chi connectivity index (χ0v) is 12.3. The molecule has 0 atom stereocenters. The summed E-state index contributed by atoms with van der Waals surface area (Å²) in [6.45, 7) is 1.90. The average molecular weight is 297 g/mol. The molecule has 0 saturated carbocycles. The molecule has 1 aromatic heterocycles. The Morgan fingerprint density at radius 2 is 2.00 bits per heavy atom. The van der Waals surface area contributed by atoms with Gasteiger partial charge < -0.3 is 13.9 Å². The lowest BCUT2D eigenvalue weighted by Crippen LogP contribution is -2.05. The number of rotatable bonds is 5. The summed E-state index contributed by atoms with van der Waals surface area (Å²) in [5, 5.41) is 8.99. The third kappa shape index (κ3) is 3.55. The van der Waals surface area contributed by atoms with Crippen molar-refractivity contribution in [3.8, 4) is 23.1 Å². The molecule has 1 heterocycles. The minimum Gasteiger partial charge on any atom is -0.497 e. The Morgan fingerprint density at radius 3 is 2.59 bits per heavy atom. The van der Waals surface area contributed by atoms with Crippen LogP contribution in [-0.4, -0.2) is 19.7 Å². The van der Waals surface area contributed by atoms with Crippen molar-refractivity contribution < 1.29 is 18.7 Å². The summed E-state index contributed by atoms with van der Waals surface area (Å²) in [4.78, 5) is 11.6. The number of nitriles is 1. The Labute approximate surface area is 128 Å². The number of carbonyl (C=O) groups excluding carboxylic acids is 1. The van der Waals surface area contributed by atoms with Gasteiger partial charge in [-0.15, -0.1) is 0 Å². The molecule has 22 heavy (non-hydrogen) atoms. The van der Waals surface area contributed by atoms with Crippen LogP contribution >= 0.6 is 0 Å². The van der Waals surface area contributed by atoms with Crippen molar-refractivity contribution >= 4 is 12.0 Å². The number of ether oxygens (including phenoxy) is 2. The summed E-state index contributed by atoms with van der Waals surface area (Å²) in [6, 6.07) is 12.6. The minimum absolute atomic E-state index is 0.0996. The second kappa shape index (κ2) is 7.14. The summed E-state index contributed by atoms with van der Waals surface area (Å²) in [6.07, 6.45) is 1.37. The molecule has 0 amide bonds. The fourth-order valence-corrected chi connectivity index (χ4v) is 1.83. The highest BCUT2D eigenvalue weighted by atomic mass is 16.5. The number of carbonyl (C=O) groups is 1. The number of hydrogen-bond donors (Lipinski definition) is 0. The van der Waals surface area contributed by atoms with Crippen LogP contribution in [0.4, 0.5) is 0 Å². The Kier molecular flexibility index (Phi) is 4.99. The predicted molar refractivity (Wildman–Crippen MR) is 80.9 cm³/mol. The third-order valence-corrected chi connectivity index (χ3v) is 2.90. The fraction of sp³-hybridized carbons (Fsp3) is 0.176. The maximum Gasteiger partial charge on any atom is 0.349 e. The van der Waals surface area contributed by atoms with E-state index in [1.165, 1.54) is 6.08 Å². The SMILES string of the molecule is CCOC(=O)/C(C#N)=C/c1ccc(-c2ccc(OC)cc2)o1. The van der Waals surface area contributed by atoms with Crippen molar-refractivity contribution in [2.45, 2.75) is 6.92 Å². The van der Waals surface area contributed by atoms with Crippen LogP contribution in [0.25, 0.3) is 17.4 Å². The van der Waals surface area contributed by atoms with E-state index in [1.807, 2.05) is 30.3 Å². The molecule has 0 unspecified atom stereocenters. The molecule has 0 aliphatic heterocycles. The molecule has 0 saturated heterocycles. The third-order valence-electron chi connectivity index (χ3n) is 2.90. The van der Waals surface area contributed by atoms with Crippen LogP contribution in [0.3, 0.4) is 0 Å². The van der Waals surface area contributed by atoms with Gasteiger partial charge in [0.05, 0.1) is 13.7 Å². The van der Waals surface area contributed by atoms with Gasteiger partial charge in [0.1, 0.15) is 28.9 Å². The van der Waals surface area contributed by atoms with Crippen LogP contribution in [0.1, 0.15) is 12.7 Å². The van der Waals surface area contributed by atoms with Gasteiger partial charge >= 0.3 is 5.97 Å². The van der Waals surface area contributed by atoms with Crippen molar-refractivity contribution in [1.82, 2.24) is 0 Å². The summed E-state index contributed by atoms with van der Waals surface area (Å²) in [5.41, 5.74) is 0.771. The lowest BCUT2D eigenvalue weighted by molar-refractivity contribution is -0.137. The monoisotopic (exact) mass is 297 g/mol. The minimum atomic E-state index is -0.660. The van der Waals surface area contributed by atoms with Crippen LogP contribution < -0.4 is 4.74 Å². The maximum absolute atomic E-state index is 11.6. The normalized spacial score (nSPS) is 10.9. The van der Waals surface area contributed by atoms with Gasteiger partial charge in [0.2, 0.25) is 0 Å². The van der Waals surface area contributed by atoms with Crippen LogP contribution in [-0.2, 0) is 9.53 Å². The van der Waals surface area contributed by atoms with E-state index < -0.39 is 5.97 Å². The van der Waals surface area contributed by atoms with Gasteiger partial charge in [0.25, 0.3) is 0 Å². The highest BCUT2D eigenvalue weighted by Gasteiger charge is 2.11. The number of nitrogens with zero attached hydrogens (tertiary/aromatic N) is 1. The molecule has 5 nitrogen and oxygen atoms in total. The van der Waals surface area contributed by atoms with E-state index in [4.69, 9.17) is 19.2 Å². The molecule has 2 rings (SSSR count). The van der Waals surface area contributed by atoms with Crippen LogP contribution in [0.2, 0.25) is 0 Å². The molecule has 5 heteroatoms. The van der Waals surface area contributed by atoms with Crippen LogP contribution in [0.5, 0.6) is 5.75 Å². The molecule has 0 radical (unpaired) electrons. The molecular formula is C17H15NO4. The zero-order chi connectivity index (χ0) is 15.9. The van der Waals surface area contributed by atoms with E-state index in [2.05, 4.69) is 0 Å². The Balaban J connectivity index is 2.23. The molecule has 1 aromatic carbocycles. The molecule has 0 spiro atoms. The van der Waals surface area contributed by atoms with Gasteiger partial charge in [0.15, 0.2) is 0 Å². The summed E-state index contributed by atoms with van der Waals surface area (Å²) in [5.74, 6) is 1.14. The van der Waals surface area contributed by atoms with Crippen molar-refractivity contribution in [3.05, 3.63) is 47.7 Å². The molecule has 2 aromatic rings. The van der Waals surface area contributed by atoms with Crippen LogP contribution in [0.15, 0.2) is 46.4 Å². The van der Waals surface area contributed by atoms with E-state index in [-0.39, 0.29) is 12.2 Å². The highest BCUT2D eigenvalue weighted by Crippen LogP contribution is 2.25. The van der Waals surface area contributed by atoms with Gasteiger partial charge in [0, 0.05) is 11.6 Å². The van der Waals surface area contributed by atoms with E-state index in [0.717, 1.165) is 11.3 Å². The smallest absolute Gasteiger partial charge is 0.349 e. The first-order valence-corrected chi connectivity index (χ1v) is 6.71. The Morgan fingerprint density at radius 1 is 1.27 bits per heavy atom. The zero-order valence-electron chi connectivity index (χ0n) is 12.3. The van der Waals surface area contributed by atoms with E-state index >= 15 is 0 Å². The largest absolute Gasteiger partial charge is 0.497 e. The van der Waals surface area contributed by atoms with Gasteiger partial charge in [-0.2, -0.15) is 5.26 Å². The number of esters is 1. The van der Waals surface area contributed by atoms with Crippen LogP contribution in [0, 0.1) is 11.3 Å². The van der Waals surface area contributed by atoms with Crippen molar-refractivity contribution in [2.75, 3.05) is 13.7 Å². The molecule has 112 valence electrons. The molecular weight excluding hydrogens is 282 g/mol. The topological polar surface area (TPSA) is 72.5 Å². The van der Waals surface area contributed by atoms with E-state index in [9.17, 15) is 4.79 Å². The maximum atomic E-state index is 11.6.